The maximum Gasteiger partial charge on any atom is 0.141 e. The van der Waals surface area contributed by atoms with E-state index in [1.165, 1.54) is 18.2 Å². The number of hydrogen-bond acceptors (Lipinski definition) is 3. The molecule has 0 spiro atoms. The van der Waals surface area contributed by atoms with Crippen LogP contribution in [0.4, 0.5) is 4.39 Å². The van der Waals surface area contributed by atoms with Crippen LogP contribution in [0.25, 0.3) is 0 Å². The number of rotatable bonds is 5. The molecular formula is C13H17ClFNO2. The van der Waals surface area contributed by atoms with Gasteiger partial charge in [0, 0.05) is 25.6 Å². The van der Waals surface area contributed by atoms with E-state index in [4.69, 9.17) is 21.1 Å². The molecule has 0 radical (unpaired) electrons. The zero-order valence-electron chi connectivity index (χ0n) is 10.5. The van der Waals surface area contributed by atoms with E-state index in [1.54, 1.807) is 7.11 Å². The molecule has 3 nitrogen and oxygen atoms in total. The molecule has 0 aliphatic heterocycles. The predicted octanol–water partition coefficient (Wildman–Crippen LogP) is 2.62. The first-order valence-corrected chi connectivity index (χ1v) is 6.41. The lowest BCUT2D eigenvalue weighted by Gasteiger charge is -2.43. The molecule has 1 aromatic carbocycles. The number of ether oxygens (including phenoxy) is 2. The molecule has 1 saturated carbocycles. The van der Waals surface area contributed by atoms with Gasteiger partial charge in [-0.2, -0.15) is 0 Å². The van der Waals surface area contributed by atoms with Crippen LogP contribution in [0.1, 0.15) is 13.3 Å². The largest absolute Gasteiger partial charge is 0.486 e. The number of hydrogen-bond donors (Lipinski definition) is 1. The molecule has 0 heterocycles. The van der Waals surface area contributed by atoms with Crippen molar-refractivity contribution in [2.75, 3.05) is 13.7 Å². The van der Waals surface area contributed by atoms with Crippen LogP contribution in [0.15, 0.2) is 18.2 Å². The minimum atomic E-state index is -0.356. The highest BCUT2D eigenvalue weighted by Crippen LogP contribution is 2.32. The highest BCUT2D eigenvalue weighted by atomic mass is 35.5. The average molecular weight is 274 g/mol. The number of benzene rings is 1. The lowest BCUT2D eigenvalue weighted by molar-refractivity contribution is -0.0884. The van der Waals surface area contributed by atoms with Crippen LogP contribution < -0.4 is 10.1 Å². The van der Waals surface area contributed by atoms with Crippen molar-refractivity contribution in [3.8, 4) is 5.75 Å². The van der Waals surface area contributed by atoms with E-state index in [0.29, 0.717) is 10.8 Å². The van der Waals surface area contributed by atoms with Gasteiger partial charge in [0.1, 0.15) is 23.8 Å². The Morgan fingerprint density at radius 3 is 2.94 bits per heavy atom. The van der Waals surface area contributed by atoms with Crippen molar-refractivity contribution >= 4 is 11.6 Å². The second-order valence-corrected chi connectivity index (χ2v) is 4.74. The molecule has 100 valence electrons. The Morgan fingerprint density at radius 1 is 1.50 bits per heavy atom. The zero-order valence-corrected chi connectivity index (χ0v) is 11.2. The third-order valence-electron chi connectivity index (χ3n) is 3.16. The fraction of sp³-hybridized carbons (Fsp3) is 0.538. The van der Waals surface area contributed by atoms with Gasteiger partial charge in [0.25, 0.3) is 0 Å². The molecule has 0 saturated heterocycles. The van der Waals surface area contributed by atoms with Gasteiger partial charge >= 0.3 is 0 Å². The Hall–Kier alpha value is -0.840. The fourth-order valence-corrected chi connectivity index (χ4v) is 2.37. The first-order valence-electron chi connectivity index (χ1n) is 6.03. The quantitative estimate of drug-likeness (QED) is 0.895. The van der Waals surface area contributed by atoms with Crippen LogP contribution in [0, 0.1) is 5.82 Å². The van der Waals surface area contributed by atoms with E-state index >= 15 is 0 Å². The van der Waals surface area contributed by atoms with Crippen molar-refractivity contribution in [2.45, 2.75) is 31.6 Å². The zero-order chi connectivity index (χ0) is 13.1. The first-order chi connectivity index (χ1) is 8.65. The number of halogens is 2. The topological polar surface area (TPSA) is 30.5 Å². The summed E-state index contributed by atoms with van der Waals surface area (Å²) in [4.78, 5) is 0. The normalized spacial score (nSPS) is 26.8. The van der Waals surface area contributed by atoms with E-state index in [2.05, 4.69) is 5.32 Å². The molecule has 1 aromatic rings. The molecule has 18 heavy (non-hydrogen) atoms. The molecule has 0 aromatic heterocycles. The third-order valence-corrected chi connectivity index (χ3v) is 3.47. The third kappa shape index (κ3) is 2.76. The summed E-state index contributed by atoms with van der Waals surface area (Å²) < 4.78 is 24.2. The number of methoxy groups -OCH3 is 1. The number of nitrogens with one attached hydrogen (secondary N) is 1. The average Bonchev–Trinajstić information content (AvgIpc) is 2.32. The minimum absolute atomic E-state index is 0.0238. The molecule has 0 amide bonds. The van der Waals surface area contributed by atoms with Crippen molar-refractivity contribution in [2.24, 2.45) is 0 Å². The summed E-state index contributed by atoms with van der Waals surface area (Å²) in [6.45, 7) is 2.93. The molecule has 1 fully saturated rings. The summed E-state index contributed by atoms with van der Waals surface area (Å²) in [5.74, 6) is 0.0181. The summed E-state index contributed by atoms with van der Waals surface area (Å²) in [6, 6.07) is 4.40. The summed E-state index contributed by atoms with van der Waals surface area (Å²) in [5, 5.41) is 3.73. The molecule has 1 N–H and O–H groups in total. The van der Waals surface area contributed by atoms with Crippen molar-refractivity contribution < 1.29 is 13.9 Å². The smallest absolute Gasteiger partial charge is 0.141 e. The van der Waals surface area contributed by atoms with Crippen LogP contribution in [0.2, 0.25) is 5.02 Å². The Labute approximate surface area is 111 Å². The van der Waals surface area contributed by atoms with Gasteiger partial charge in [-0.05, 0) is 18.7 Å². The van der Waals surface area contributed by atoms with E-state index in [9.17, 15) is 4.39 Å². The predicted molar refractivity (Wildman–Crippen MR) is 68.7 cm³/mol. The van der Waals surface area contributed by atoms with Crippen molar-refractivity contribution in [1.29, 1.82) is 0 Å². The monoisotopic (exact) mass is 273 g/mol. The maximum atomic E-state index is 13.1. The SMILES string of the molecule is CCNC1CC(Oc2cc(F)ccc2Cl)C1OC. The van der Waals surface area contributed by atoms with E-state index in [-0.39, 0.29) is 24.1 Å². The van der Waals surface area contributed by atoms with E-state index in [1.807, 2.05) is 6.92 Å². The van der Waals surface area contributed by atoms with Gasteiger partial charge in [0.2, 0.25) is 0 Å². The molecule has 0 bridgehead atoms. The van der Waals surface area contributed by atoms with E-state index in [0.717, 1.165) is 13.0 Å². The van der Waals surface area contributed by atoms with Crippen molar-refractivity contribution in [3.63, 3.8) is 0 Å². The Morgan fingerprint density at radius 2 is 2.28 bits per heavy atom. The molecule has 5 heteroatoms. The second-order valence-electron chi connectivity index (χ2n) is 4.33. The van der Waals surface area contributed by atoms with Gasteiger partial charge in [0.05, 0.1) is 5.02 Å². The fourth-order valence-electron chi connectivity index (χ4n) is 2.21. The lowest BCUT2D eigenvalue weighted by atomic mass is 9.85. The van der Waals surface area contributed by atoms with Crippen LogP contribution >= 0.6 is 11.6 Å². The summed E-state index contributed by atoms with van der Waals surface area (Å²) in [5.41, 5.74) is 0. The Bertz CT molecular complexity index is 416. The molecule has 3 atom stereocenters. The van der Waals surface area contributed by atoms with Gasteiger partial charge in [0.15, 0.2) is 0 Å². The summed E-state index contributed by atoms with van der Waals surface area (Å²) in [7, 11) is 1.65. The van der Waals surface area contributed by atoms with Gasteiger partial charge < -0.3 is 14.8 Å². The Balaban J connectivity index is 2.00. The van der Waals surface area contributed by atoms with Crippen LogP contribution in [-0.4, -0.2) is 31.9 Å². The highest BCUT2D eigenvalue weighted by molar-refractivity contribution is 6.32. The van der Waals surface area contributed by atoms with Crippen molar-refractivity contribution in [3.05, 3.63) is 29.0 Å². The van der Waals surface area contributed by atoms with Crippen LogP contribution in [-0.2, 0) is 4.74 Å². The van der Waals surface area contributed by atoms with Crippen molar-refractivity contribution in [1.82, 2.24) is 5.32 Å². The maximum absolute atomic E-state index is 13.1. The van der Waals surface area contributed by atoms with Gasteiger partial charge in [-0.15, -0.1) is 0 Å². The first kappa shape index (κ1) is 13.6. The standard InChI is InChI=1S/C13H17ClFNO2/c1-3-16-10-7-12(13(10)17-2)18-11-6-8(15)4-5-9(11)14/h4-6,10,12-13,16H,3,7H2,1-2H3. The molecule has 1 aliphatic rings. The Kier molecular flexibility index (Phi) is 4.43. The van der Waals surface area contributed by atoms with Gasteiger partial charge in [-0.25, -0.2) is 4.39 Å². The molecule has 3 unspecified atom stereocenters. The highest BCUT2D eigenvalue weighted by Gasteiger charge is 2.43. The van der Waals surface area contributed by atoms with Crippen LogP contribution in [0.5, 0.6) is 5.75 Å². The number of likely N-dealkylation sites (N-methyl/N-ethyl adjacent to an activating group) is 1. The van der Waals surface area contributed by atoms with Crippen LogP contribution in [0.3, 0.4) is 0 Å². The molecule has 2 rings (SSSR count). The van der Waals surface area contributed by atoms with Gasteiger partial charge in [-0.1, -0.05) is 18.5 Å². The van der Waals surface area contributed by atoms with Gasteiger partial charge in [-0.3, -0.25) is 0 Å². The summed E-state index contributed by atoms with van der Waals surface area (Å²) in [6.07, 6.45) is 0.724. The summed E-state index contributed by atoms with van der Waals surface area (Å²) >= 11 is 5.96. The molecule has 1 aliphatic carbocycles. The second kappa shape index (κ2) is 5.87. The lowest BCUT2D eigenvalue weighted by Crippen LogP contribution is -2.60. The minimum Gasteiger partial charge on any atom is -0.486 e. The molecular weight excluding hydrogens is 257 g/mol. The van der Waals surface area contributed by atoms with E-state index < -0.39 is 0 Å².